The van der Waals surface area contributed by atoms with Gasteiger partial charge in [0.25, 0.3) is 5.91 Å². The third-order valence-electron chi connectivity index (χ3n) is 4.72. The van der Waals surface area contributed by atoms with Crippen LogP contribution < -0.4 is 11.1 Å². The summed E-state index contributed by atoms with van der Waals surface area (Å²) in [5.41, 5.74) is 8.89. The number of amides is 2. The van der Waals surface area contributed by atoms with Crippen molar-refractivity contribution in [1.29, 1.82) is 0 Å². The molecule has 1 atom stereocenters. The second-order valence-electron chi connectivity index (χ2n) is 6.45. The summed E-state index contributed by atoms with van der Waals surface area (Å²) in [5, 5.41) is 4.96. The largest absolute Gasteiger partial charge is 0.334 e. The van der Waals surface area contributed by atoms with Gasteiger partial charge in [0.2, 0.25) is 5.91 Å². The number of thiophene rings is 1. The number of hydrogen-bond acceptors (Lipinski definition) is 4. The molecule has 3 rings (SSSR count). The Balaban J connectivity index is 1.80. The first kappa shape index (κ1) is 17.6. The molecule has 1 aromatic heterocycles. The Labute approximate surface area is 151 Å². The number of benzene rings is 1. The average Bonchev–Trinajstić information content (AvgIpc) is 3.09. The highest BCUT2D eigenvalue weighted by molar-refractivity contribution is 7.10. The van der Waals surface area contributed by atoms with Crippen molar-refractivity contribution in [3.8, 4) is 0 Å². The van der Waals surface area contributed by atoms with Crippen LogP contribution in [0.2, 0.25) is 0 Å². The van der Waals surface area contributed by atoms with Gasteiger partial charge in [-0.15, -0.1) is 11.3 Å². The van der Waals surface area contributed by atoms with Gasteiger partial charge in [0.05, 0.1) is 0 Å². The zero-order valence-electron chi connectivity index (χ0n) is 14.5. The predicted molar refractivity (Wildman–Crippen MR) is 101 cm³/mol. The van der Waals surface area contributed by atoms with Crippen molar-refractivity contribution < 1.29 is 9.59 Å². The van der Waals surface area contributed by atoms with Crippen LogP contribution in [-0.4, -0.2) is 29.8 Å². The first-order valence-electron chi connectivity index (χ1n) is 8.46. The first-order chi connectivity index (χ1) is 12.0. The molecule has 1 aromatic carbocycles. The van der Waals surface area contributed by atoms with Gasteiger partial charge < -0.3 is 16.0 Å². The Kier molecular flexibility index (Phi) is 5.20. The van der Waals surface area contributed by atoms with Crippen LogP contribution in [0.4, 0.5) is 5.69 Å². The monoisotopic (exact) mass is 357 g/mol. The average molecular weight is 357 g/mol. The van der Waals surface area contributed by atoms with Crippen molar-refractivity contribution >= 4 is 28.8 Å². The van der Waals surface area contributed by atoms with Gasteiger partial charge in [0.1, 0.15) is 0 Å². The highest BCUT2D eigenvalue weighted by Gasteiger charge is 2.24. The van der Waals surface area contributed by atoms with Crippen LogP contribution >= 0.6 is 11.3 Å². The summed E-state index contributed by atoms with van der Waals surface area (Å²) < 4.78 is 0. The zero-order valence-corrected chi connectivity index (χ0v) is 15.4. The maximum Gasteiger partial charge on any atom is 0.254 e. The molecule has 6 heteroatoms. The number of nitrogens with one attached hydrogen (secondary N) is 1. The van der Waals surface area contributed by atoms with Crippen LogP contribution in [0, 0.1) is 12.8 Å². The molecule has 5 nitrogen and oxygen atoms in total. The molecule has 0 spiro atoms. The van der Waals surface area contributed by atoms with Crippen LogP contribution in [0.25, 0.3) is 0 Å². The summed E-state index contributed by atoms with van der Waals surface area (Å²) in [4.78, 5) is 28.3. The Morgan fingerprint density at radius 1 is 1.36 bits per heavy atom. The number of anilines is 1. The van der Waals surface area contributed by atoms with Crippen LogP contribution in [0.3, 0.4) is 0 Å². The van der Waals surface area contributed by atoms with Crippen LogP contribution in [0.5, 0.6) is 0 Å². The quantitative estimate of drug-likeness (QED) is 0.883. The maximum atomic E-state index is 13.0. The zero-order chi connectivity index (χ0) is 18.0. The molecule has 1 unspecified atom stereocenters. The van der Waals surface area contributed by atoms with Crippen molar-refractivity contribution in [3.63, 3.8) is 0 Å². The molecular formula is C19H23N3O2S. The lowest BCUT2D eigenvalue weighted by molar-refractivity contribution is -0.119. The van der Waals surface area contributed by atoms with E-state index in [1.807, 2.05) is 30.0 Å². The van der Waals surface area contributed by atoms with E-state index in [4.69, 9.17) is 5.73 Å². The smallest absolute Gasteiger partial charge is 0.254 e. The highest BCUT2D eigenvalue weighted by Crippen LogP contribution is 2.27. The first-order valence-corrected chi connectivity index (χ1v) is 9.34. The minimum absolute atomic E-state index is 0.0114. The molecule has 1 aliphatic rings. The van der Waals surface area contributed by atoms with Gasteiger partial charge in [-0.1, -0.05) is 13.0 Å². The van der Waals surface area contributed by atoms with E-state index in [1.54, 1.807) is 18.3 Å². The highest BCUT2D eigenvalue weighted by atomic mass is 32.1. The number of carbonyl (C=O) groups excluding carboxylic acids is 2. The summed E-state index contributed by atoms with van der Waals surface area (Å²) in [6, 6.07) is 7.54. The summed E-state index contributed by atoms with van der Waals surface area (Å²) >= 11 is 1.76. The van der Waals surface area contributed by atoms with Crippen molar-refractivity contribution in [3.05, 3.63) is 51.2 Å². The van der Waals surface area contributed by atoms with Gasteiger partial charge in [-0.2, -0.15) is 0 Å². The normalized spacial score (nSPS) is 14.8. The Morgan fingerprint density at radius 3 is 2.92 bits per heavy atom. The molecule has 0 fully saturated rings. The van der Waals surface area contributed by atoms with Gasteiger partial charge in [-0.3, -0.25) is 9.59 Å². The molecule has 132 valence electrons. The number of rotatable bonds is 4. The molecule has 0 saturated carbocycles. The minimum Gasteiger partial charge on any atom is -0.334 e. The molecule has 0 saturated heterocycles. The topological polar surface area (TPSA) is 75.4 Å². The third-order valence-corrected chi connectivity index (χ3v) is 5.74. The van der Waals surface area contributed by atoms with Gasteiger partial charge >= 0.3 is 0 Å². The molecule has 2 heterocycles. The lowest BCUT2D eigenvalue weighted by Crippen LogP contribution is -2.35. The number of hydrogen-bond donors (Lipinski definition) is 2. The summed E-state index contributed by atoms with van der Waals surface area (Å²) in [6.45, 7) is 5.33. The number of nitrogens with two attached hydrogens (primary N) is 1. The molecule has 2 amide bonds. The second-order valence-corrected chi connectivity index (χ2v) is 7.45. The van der Waals surface area contributed by atoms with E-state index in [2.05, 4.69) is 16.8 Å². The fraction of sp³-hybridized carbons (Fsp3) is 0.368. The van der Waals surface area contributed by atoms with Gasteiger partial charge in [0.15, 0.2) is 0 Å². The van der Waals surface area contributed by atoms with Crippen LogP contribution in [0.1, 0.15) is 33.3 Å². The molecule has 3 N–H and O–H groups in total. The maximum absolute atomic E-state index is 13.0. The molecule has 0 radical (unpaired) electrons. The Hall–Kier alpha value is -2.18. The van der Waals surface area contributed by atoms with Crippen LogP contribution in [0.15, 0.2) is 29.6 Å². The lowest BCUT2D eigenvalue weighted by Gasteiger charge is -2.28. The van der Waals surface area contributed by atoms with Crippen molar-refractivity contribution in [2.75, 3.05) is 18.4 Å². The van der Waals surface area contributed by atoms with Crippen LogP contribution in [-0.2, 0) is 17.8 Å². The molecule has 2 aromatic rings. The number of carbonyl (C=O) groups is 2. The predicted octanol–water partition coefficient (Wildman–Crippen LogP) is 2.79. The standard InChI is InChI=1S/C19H23N3O2S/c1-12(10-20)18(23)21-16-5-3-4-15(13(16)2)19(24)22-8-6-17-14(11-22)7-9-25-17/h3-5,7,9,12H,6,8,10-11,20H2,1-2H3,(H,21,23). The number of fused-ring (bicyclic) bond motifs is 1. The molecular weight excluding hydrogens is 334 g/mol. The Morgan fingerprint density at radius 2 is 2.16 bits per heavy atom. The minimum atomic E-state index is -0.266. The second kappa shape index (κ2) is 7.37. The molecule has 25 heavy (non-hydrogen) atoms. The summed E-state index contributed by atoms with van der Waals surface area (Å²) in [5.74, 6) is -0.383. The van der Waals surface area contributed by atoms with Gasteiger partial charge in [0, 0.05) is 41.7 Å². The van der Waals surface area contributed by atoms with E-state index < -0.39 is 0 Å². The van der Waals surface area contributed by atoms with Gasteiger partial charge in [-0.25, -0.2) is 0 Å². The van der Waals surface area contributed by atoms with Crippen molar-refractivity contribution in [2.24, 2.45) is 11.7 Å². The summed E-state index contributed by atoms with van der Waals surface area (Å²) in [6.07, 6.45) is 0.905. The van der Waals surface area contributed by atoms with Crippen molar-refractivity contribution in [1.82, 2.24) is 4.90 Å². The lowest BCUT2D eigenvalue weighted by atomic mass is 10.0. The number of nitrogens with zero attached hydrogens (tertiary/aromatic N) is 1. The van der Waals surface area contributed by atoms with Gasteiger partial charge in [-0.05, 0) is 48.1 Å². The fourth-order valence-corrected chi connectivity index (χ4v) is 3.85. The molecule has 1 aliphatic heterocycles. The van der Waals surface area contributed by atoms with E-state index in [9.17, 15) is 9.59 Å². The van der Waals surface area contributed by atoms with E-state index in [0.29, 0.717) is 24.3 Å². The summed E-state index contributed by atoms with van der Waals surface area (Å²) in [7, 11) is 0. The SMILES string of the molecule is Cc1c(NC(=O)C(C)CN)cccc1C(=O)N1CCc2sccc2C1. The fourth-order valence-electron chi connectivity index (χ4n) is 2.96. The van der Waals surface area contributed by atoms with E-state index in [0.717, 1.165) is 18.5 Å². The molecule has 0 bridgehead atoms. The Bertz CT molecular complexity index is 800. The third kappa shape index (κ3) is 3.60. The molecule has 0 aliphatic carbocycles. The van der Waals surface area contributed by atoms with Crippen molar-refractivity contribution in [2.45, 2.75) is 26.8 Å². The van der Waals surface area contributed by atoms with E-state index in [1.165, 1.54) is 10.4 Å². The van der Waals surface area contributed by atoms with E-state index in [-0.39, 0.29) is 17.7 Å². The van der Waals surface area contributed by atoms with E-state index >= 15 is 0 Å².